The molecule has 1 atom stereocenters. The number of nitrogens with one attached hydrogen (secondary N) is 1. The second-order valence-corrected chi connectivity index (χ2v) is 8.90. The number of hydrogen-bond donors (Lipinski definition) is 2. The lowest BCUT2D eigenvalue weighted by Gasteiger charge is -2.32. The van der Waals surface area contributed by atoms with E-state index in [0.29, 0.717) is 31.7 Å². The fourth-order valence-electron chi connectivity index (χ4n) is 3.93. The van der Waals surface area contributed by atoms with Gasteiger partial charge in [0.15, 0.2) is 5.82 Å². The van der Waals surface area contributed by atoms with Crippen LogP contribution in [-0.4, -0.2) is 55.0 Å². The third kappa shape index (κ3) is 5.34. The zero-order chi connectivity index (χ0) is 23.3. The summed E-state index contributed by atoms with van der Waals surface area (Å²) in [5.74, 6) is 1.53. The molecule has 0 saturated carbocycles. The van der Waals surface area contributed by atoms with Crippen molar-refractivity contribution in [2.75, 3.05) is 19.8 Å². The van der Waals surface area contributed by atoms with Crippen molar-refractivity contribution in [3.63, 3.8) is 0 Å². The maximum Gasteiger partial charge on any atom is 0.252 e. The van der Waals surface area contributed by atoms with Crippen LogP contribution in [0.3, 0.4) is 0 Å². The number of fused-ring (bicyclic) bond motifs is 1. The second kappa shape index (κ2) is 10.2. The summed E-state index contributed by atoms with van der Waals surface area (Å²) in [4.78, 5) is 18.0. The van der Waals surface area contributed by atoms with Gasteiger partial charge in [-0.2, -0.15) is 0 Å². The van der Waals surface area contributed by atoms with Gasteiger partial charge in [-0.1, -0.05) is 6.92 Å². The number of benzene rings is 1. The fourth-order valence-corrected chi connectivity index (χ4v) is 3.93. The maximum absolute atomic E-state index is 12.9. The predicted molar refractivity (Wildman–Crippen MR) is 124 cm³/mol. The van der Waals surface area contributed by atoms with Crippen molar-refractivity contribution in [1.29, 1.82) is 0 Å². The number of aliphatic hydroxyl groups excluding tert-OH is 1. The monoisotopic (exact) mass is 442 g/mol. The van der Waals surface area contributed by atoms with Crippen LogP contribution in [0, 0.1) is 0 Å². The van der Waals surface area contributed by atoms with Gasteiger partial charge in [0.25, 0.3) is 5.56 Å². The Morgan fingerprint density at radius 2 is 2.03 bits per heavy atom. The summed E-state index contributed by atoms with van der Waals surface area (Å²) in [5, 5.41) is 22.8. The number of nitrogens with zero attached hydrogens (tertiary/aromatic N) is 5. The molecular weight excluding hydrogens is 408 g/mol. The van der Waals surface area contributed by atoms with Crippen molar-refractivity contribution in [3.05, 3.63) is 46.0 Å². The van der Waals surface area contributed by atoms with E-state index in [1.165, 1.54) is 0 Å². The first kappa shape index (κ1) is 23.9. The molecule has 0 bridgehead atoms. The highest BCUT2D eigenvalue weighted by atomic mass is 16.5. The van der Waals surface area contributed by atoms with Crippen LogP contribution in [0.4, 0.5) is 0 Å². The van der Waals surface area contributed by atoms with Gasteiger partial charge in [-0.3, -0.25) is 9.69 Å². The number of ether oxygens (including phenoxy) is 1. The lowest BCUT2D eigenvalue weighted by atomic mass is 10.1. The molecular formula is C23H34N6O3. The van der Waals surface area contributed by atoms with E-state index in [0.717, 1.165) is 28.9 Å². The van der Waals surface area contributed by atoms with Gasteiger partial charge in [0, 0.05) is 36.2 Å². The molecule has 0 amide bonds. The van der Waals surface area contributed by atoms with Crippen molar-refractivity contribution in [3.8, 4) is 5.75 Å². The van der Waals surface area contributed by atoms with Crippen molar-refractivity contribution in [2.24, 2.45) is 0 Å². The number of aromatic amines is 1. The average molecular weight is 443 g/mol. The summed E-state index contributed by atoms with van der Waals surface area (Å²) in [6.07, 6.45) is 1.36. The molecule has 3 rings (SSSR count). The minimum Gasteiger partial charge on any atom is -0.494 e. The van der Waals surface area contributed by atoms with Gasteiger partial charge >= 0.3 is 0 Å². The molecule has 0 spiro atoms. The van der Waals surface area contributed by atoms with Crippen LogP contribution in [0.2, 0.25) is 0 Å². The van der Waals surface area contributed by atoms with E-state index < -0.39 is 0 Å². The molecule has 2 heterocycles. The molecule has 2 N–H and O–H groups in total. The van der Waals surface area contributed by atoms with Crippen molar-refractivity contribution >= 4 is 10.9 Å². The smallest absolute Gasteiger partial charge is 0.252 e. The molecule has 174 valence electrons. The summed E-state index contributed by atoms with van der Waals surface area (Å²) in [5.41, 5.74) is 1.02. The molecule has 9 heteroatoms. The van der Waals surface area contributed by atoms with E-state index in [9.17, 15) is 9.90 Å². The summed E-state index contributed by atoms with van der Waals surface area (Å²) in [6.45, 7) is 11.9. The Morgan fingerprint density at radius 1 is 1.25 bits per heavy atom. The Morgan fingerprint density at radius 3 is 2.69 bits per heavy atom. The highest BCUT2D eigenvalue weighted by Crippen LogP contribution is 2.28. The molecule has 0 fully saturated rings. The Kier molecular flexibility index (Phi) is 7.63. The molecule has 0 aliphatic heterocycles. The van der Waals surface area contributed by atoms with E-state index in [4.69, 9.17) is 4.74 Å². The molecule has 1 aromatic carbocycles. The molecule has 0 saturated heterocycles. The standard InChI is InChI=1S/C23H34N6O3/c1-6-20(21-25-26-27-29(21)23(3,4)5)28(11-8-12-30)15-17-13-16-14-18(32-7-2)9-10-19(16)24-22(17)31/h9-10,13-14,20,30H,6-8,11-12,15H2,1-5H3,(H,24,31)/t20-/m0/s1. The molecule has 32 heavy (non-hydrogen) atoms. The van der Waals surface area contributed by atoms with E-state index in [1.807, 2.05) is 35.9 Å². The highest BCUT2D eigenvalue weighted by molar-refractivity contribution is 5.80. The highest BCUT2D eigenvalue weighted by Gasteiger charge is 2.29. The van der Waals surface area contributed by atoms with Gasteiger partial charge < -0.3 is 14.8 Å². The molecule has 0 radical (unpaired) electrons. The molecule has 9 nitrogen and oxygen atoms in total. The Labute approximate surface area is 188 Å². The summed E-state index contributed by atoms with van der Waals surface area (Å²) in [7, 11) is 0. The minimum atomic E-state index is -0.273. The largest absolute Gasteiger partial charge is 0.494 e. The normalized spacial score (nSPS) is 13.1. The van der Waals surface area contributed by atoms with Crippen molar-refractivity contribution in [1.82, 2.24) is 30.1 Å². The lowest BCUT2D eigenvalue weighted by Crippen LogP contribution is -2.36. The van der Waals surface area contributed by atoms with Gasteiger partial charge in [-0.05, 0) is 75.2 Å². The third-order valence-corrected chi connectivity index (χ3v) is 5.44. The first-order valence-corrected chi connectivity index (χ1v) is 11.2. The molecule has 0 aliphatic carbocycles. The zero-order valence-corrected chi connectivity index (χ0v) is 19.6. The van der Waals surface area contributed by atoms with Crippen LogP contribution >= 0.6 is 0 Å². The summed E-state index contributed by atoms with van der Waals surface area (Å²) in [6, 6.07) is 7.48. The van der Waals surface area contributed by atoms with Crippen LogP contribution in [0.5, 0.6) is 5.75 Å². The van der Waals surface area contributed by atoms with Crippen LogP contribution in [0.15, 0.2) is 29.1 Å². The van der Waals surface area contributed by atoms with Crippen molar-refractivity contribution in [2.45, 2.75) is 65.6 Å². The quantitative estimate of drug-likeness (QED) is 0.497. The number of rotatable bonds is 10. The van der Waals surface area contributed by atoms with Crippen LogP contribution in [0.1, 0.15) is 64.9 Å². The number of aliphatic hydroxyl groups is 1. The van der Waals surface area contributed by atoms with Crippen molar-refractivity contribution < 1.29 is 9.84 Å². The average Bonchev–Trinajstić information content (AvgIpc) is 3.23. The van der Waals surface area contributed by atoms with E-state index in [-0.39, 0.29) is 23.7 Å². The number of aromatic nitrogens is 5. The fraction of sp³-hybridized carbons (Fsp3) is 0.565. The lowest BCUT2D eigenvalue weighted by molar-refractivity contribution is 0.146. The topological polar surface area (TPSA) is 109 Å². The first-order chi connectivity index (χ1) is 15.3. The maximum atomic E-state index is 12.9. The third-order valence-electron chi connectivity index (χ3n) is 5.44. The number of hydrogen-bond acceptors (Lipinski definition) is 7. The Balaban J connectivity index is 1.99. The minimum absolute atomic E-state index is 0.0724. The summed E-state index contributed by atoms with van der Waals surface area (Å²) < 4.78 is 7.45. The number of H-pyrrole nitrogens is 1. The summed E-state index contributed by atoms with van der Waals surface area (Å²) >= 11 is 0. The molecule has 2 aromatic heterocycles. The van der Waals surface area contributed by atoms with Gasteiger partial charge in [-0.25, -0.2) is 4.68 Å². The van der Waals surface area contributed by atoms with Crippen LogP contribution in [0.25, 0.3) is 10.9 Å². The van der Waals surface area contributed by atoms with Gasteiger partial charge in [0.1, 0.15) is 5.75 Å². The van der Waals surface area contributed by atoms with Gasteiger partial charge in [0.2, 0.25) is 0 Å². The Bertz CT molecular complexity index is 1090. The molecule has 0 aliphatic rings. The molecule has 3 aromatic rings. The van der Waals surface area contributed by atoms with Crippen LogP contribution in [-0.2, 0) is 12.1 Å². The Hall–Kier alpha value is -2.78. The molecule has 0 unspecified atom stereocenters. The zero-order valence-electron chi connectivity index (χ0n) is 19.6. The first-order valence-electron chi connectivity index (χ1n) is 11.2. The predicted octanol–water partition coefficient (Wildman–Crippen LogP) is 3.00. The second-order valence-electron chi connectivity index (χ2n) is 8.90. The van der Waals surface area contributed by atoms with Gasteiger partial charge in [-0.15, -0.1) is 5.10 Å². The van der Waals surface area contributed by atoms with Crippen LogP contribution < -0.4 is 10.3 Å². The van der Waals surface area contributed by atoms with Gasteiger partial charge in [0.05, 0.1) is 18.2 Å². The van der Waals surface area contributed by atoms with E-state index in [2.05, 4.69) is 53.1 Å². The SMILES string of the molecule is CCOc1ccc2[nH]c(=O)c(CN(CCCO)[C@@H](CC)c3nnnn3C(C)(C)C)cc2c1. The van der Waals surface area contributed by atoms with E-state index in [1.54, 1.807) is 0 Å². The number of pyridine rings is 1. The van der Waals surface area contributed by atoms with E-state index >= 15 is 0 Å². The number of tetrazole rings is 1.